The molecule has 1 aromatic carbocycles. The second kappa shape index (κ2) is 5.73. The normalized spacial score (nSPS) is 18.6. The summed E-state index contributed by atoms with van der Waals surface area (Å²) in [6.45, 7) is 4.58. The molecular weight excluding hydrogens is 252 g/mol. The molecule has 1 aliphatic rings. The van der Waals surface area contributed by atoms with E-state index in [4.69, 9.17) is 10.5 Å². The molecule has 0 aliphatic heterocycles. The molecule has 0 unspecified atom stereocenters. The van der Waals surface area contributed by atoms with Crippen LogP contribution < -0.4 is 15.8 Å². The fraction of sp³-hybridized carbons (Fsp3) is 0.562. The molecule has 0 atom stereocenters. The number of methoxy groups -OCH3 is 1. The molecule has 0 radical (unpaired) electrons. The average molecular weight is 276 g/mol. The third-order valence-electron chi connectivity index (χ3n) is 4.17. The van der Waals surface area contributed by atoms with Crippen molar-refractivity contribution in [1.29, 1.82) is 0 Å². The first-order valence-corrected chi connectivity index (χ1v) is 7.16. The highest BCUT2D eigenvalue weighted by Crippen LogP contribution is 2.35. The molecule has 0 spiro atoms. The topological polar surface area (TPSA) is 64.3 Å². The average Bonchev–Trinajstić information content (AvgIpc) is 2.41. The number of anilines is 1. The lowest BCUT2D eigenvalue weighted by Crippen LogP contribution is -2.39. The first kappa shape index (κ1) is 14.7. The number of nitrogens with one attached hydrogen (secondary N) is 1. The van der Waals surface area contributed by atoms with Gasteiger partial charge in [0.25, 0.3) is 5.91 Å². The van der Waals surface area contributed by atoms with Gasteiger partial charge in [0, 0.05) is 11.6 Å². The fourth-order valence-electron chi connectivity index (χ4n) is 2.66. The van der Waals surface area contributed by atoms with Crippen molar-refractivity contribution in [3.63, 3.8) is 0 Å². The van der Waals surface area contributed by atoms with E-state index in [1.54, 1.807) is 25.3 Å². The second-order valence-corrected chi connectivity index (χ2v) is 6.37. The van der Waals surface area contributed by atoms with Gasteiger partial charge in [-0.05, 0) is 49.3 Å². The van der Waals surface area contributed by atoms with Crippen LogP contribution in [0.15, 0.2) is 18.2 Å². The van der Waals surface area contributed by atoms with E-state index < -0.39 is 0 Å². The van der Waals surface area contributed by atoms with E-state index in [9.17, 15) is 4.79 Å². The number of benzene rings is 1. The molecule has 1 aromatic rings. The van der Waals surface area contributed by atoms with Crippen LogP contribution in [-0.4, -0.2) is 19.1 Å². The Morgan fingerprint density at radius 2 is 2.00 bits per heavy atom. The van der Waals surface area contributed by atoms with Crippen molar-refractivity contribution in [3.8, 4) is 5.75 Å². The zero-order valence-corrected chi connectivity index (χ0v) is 12.5. The minimum atomic E-state index is -0.0481. The van der Waals surface area contributed by atoms with Crippen molar-refractivity contribution in [2.75, 3.05) is 12.8 Å². The monoisotopic (exact) mass is 276 g/mol. The lowest BCUT2D eigenvalue weighted by atomic mass is 9.75. The van der Waals surface area contributed by atoms with Crippen molar-refractivity contribution in [1.82, 2.24) is 5.32 Å². The summed E-state index contributed by atoms with van der Waals surface area (Å²) in [5.74, 6) is 0.496. The van der Waals surface area contributed by atoms with Gasteiger partial charge in [0.1, 0.15) is 5.75 Å². The van der Waals surface area contributed by atoms with Gasteiger partial charge in [0.15, 0.2) is 0 Å². The van der Waals surface area contributed by atoms with Crippen molar-refractivity contribution in [3.05, 3.63) is 23.8 Å². The molecular formula is C16H24N2O2. The number of carbonyl (C=O) groups is 1. The number of hydrogen-bond acceptors (Lipinski definition) is 3. The molecule has 20 heavy (non-hydrogen) atoms. The minimum Gasteiger partial charge on any atom is -0.495 e. The largest absolute Gasteiger partial charge is 0.495 e. The maximum Gasteiger partial charge on any atom is 0.251 e. The Morgan fingerprint density at radius 3 is 2.60 bits per heavy atom. The van der Waals surface area contributed by atoms with Crippen molar-refractivity contribution < 1.29 is 9.53 Å². The molecule has 1 aliphatic carbocycles. The summed E-state index contributed by atoms with van der Waals surface area (Å²) in [7, 11) is 1.55. The van der Waals surface area contributed by atoms with E-state index in [-0.39, 0.29) is 11.9 Å². The first-order chi connectivity index (χ1) is 9.41. The number of ether oxygens (including phenoxy) is 1. The van der Waals surface area contributed by atoms with Gasteiger partial charge in [-0.15, -0.1) is 0 Å². The summed E-state index contributed by atoms with van der Waals surface area (Å²) in [5.41, 5.74) is 7.31. The Hall–Kier alpha value is -1.71. The van der Waals surface area contributed by atoms with E-state index in [0.717, 1.165) is 25.7 Å². The molecule has 0 saturated heterocycles. The Balaban J connectivity index is 1.99. The van der Waals surface area contributed by atoms with Crippen LogP contribution in [0.1, 0.15) is 49.9 Å². The summed E-state index contributed by atoms with van der Waals surface area (Å²) >= 11 is 0. The Labute approximate surface area is 120 Å². The number of nitrogens with two attached hydrogens (primary N) is 1. The van der Waals surface area contributed by atoms with Gasteiger partial charge in [-0.2, -0.15) is 0 Å². The highest BCUT2D eigenvalue weighted by atomic mass is 16.5. The Bertz CT molecular complexity index is 487. The third kappa shape index (κ3) is 3.44. The zero-order valence-electron chi connectivity index (χ0n) is 12.5. The number of amides is 1. The highest BCUT2D eigenvalue weighted by Gasteiger charge is 2.27. The van der Waals surface area contributed by atoms with Gasteiger partial charge in [-0.3, -0.25) is 4.79 Å². The molecule has 110 valence electrons. The molecule has 1 fully saturated rings. The Morgan fingerprint density at radius 1 is 1.35 bits per heavy atom. The zero-order chi connectivity index (χ0) is 14.8. The van der Waals surface area contributed by atoms with Crippen LogP contribution in [0.4, 0.5) is 5.69 Å². The number of nitrogen functional groups attached to an aromatic ring is 1. The summed E-state index contributed by atoms with van der Waals surface area (Å²) in [6.07, 6.45) is 4.40. The molecule has 0 bridgehead atoms. The highest BCUT2D eigenvalue weighted by molar-refractivity contribution is 5.95. The number of rotatable bonds is 3. The molecule has 3 N–H and O–H groups in total. The van der Waals surface area contributed by atoms with E-state index in [0.29, 0.717) is 22.4 Å². The number of carbonyl (C=O) groups excluding carboxylic acids is 1. The van der Waals surface area contributed by atoms with Crippen LogP contribution in [-0.2, 0) is 0 Å². The maximum absolute atomic E-state index is 12.2. The fourth-order valence-corrected chi connectivity index (χ4v) is 2.66. The molecule has 4 heteroatoms. The van der Waals surface area contributed by atoms with E-state index >= 15 is 0 Å². The van der Waals surface area contributed by atoms with Gasteiger partial charge in [0.2, 0.25) is 0 Å². The van der Waals surface area contributed by atoms with Crippen LogP contribution in [0.25, 0.3) is 0 Å². The summed E-state index contributed by atoms with van der Waals surface area (Å²) in [4.78, 5) is 12.2. The van der Waals surface area contributed by atoms with E-state index in [1.165, 1.54) is 0 Å². The smallest absolute Gasteiger partial charge is 0.251 e. The predicted octanol–water partition coefficient (Wildman–Crippen LogP) is 2.98. The summed E-state index contributed by atoms with van der Waals surface area (Å²) in [6, 6.07) is 5.41. The van der Waals surface area contributed by atoms with Crippen molar-refractivity contribution in [2.45, 2.75) is 45.6 Å². The standard InChI is InChI=1S/C16H24N2O2/c1-16(2)8-6-12(7-9-16)18-15(19)11-4-5-13(17)14(10-11)20-3/h4-5,10,12H,6-9,17H2,1-3H3,(H,18,19). The lowest BCUT2D eigenvalue weighted by Gasteiger charge is -2.34. The molecule has 0 heterocycles. The quantitative estimate of drug-likeness (QED) is 0.834. The molecule has 2 rings (SSSR count). The van der Waals surface area contributed by atoms with Gasteiger partial charge >= 0.3 is 0 Å². The van der Waals surface area contributed by atoms with Crippen LogP contribution >= 0.6 is 0 Å². The van der Waals surface area contributed by atoms with Crippen LogP contribution in [0, 0.1) is 5.41 Å². The van der Waals surface area contributed by atoms with Crippen LogP contribution in [0.2, 0.25) is 0 Å². The van der Waals surface area contributed by atoms with E-state index in [1.807, 2.05) is 0 Å². The predicted molar refractivity (Wildman–Crippen MR) is 80.9 cm³/mol. The van der Waals surface area contributed by atoms with Crippen LogP contribution in [0.5, 0.6) is 5.75 Å². The first-order valence-electron chi connectivity index (χ1n) is 7.16. The van der Waals surface area contributed by atoms with E-state index in [2.05, 4.69) is 19.2 Å². The van der Waals surface area contributed by atoms with Gasteiger partial charge < -0.3 is 15.8 Å². The third-order valence-corrected chi connectivity index (χ3v) is 4.17. The molecule has 1 amide bonds. The van der Waals surface area contributed by atoms with Gasteiger partial charge in [-0.1, -0.05) is 13.8 Å². The van der Waals surface area contributed by atoms with Crippen molar-refractivity contribution in [2.24, 2.45) is 5.41 Å². The SMILES string of the molecule is COc1cc(C(=O)NC2CCC(C)(C)CC2)ccc1N. The van der Waals surface area contributed by atoms with Gasteiger partial charge in [0.05, 0.1) is 12.8 Å². The molecule has 0 aromatic heterocycles. The lowest BCUT2D eigenvalue weighted by molar-refractivity contribution is 0.0908. The second-order valence-electron chi connectivity index (χ2n) is 6.37. The maximum atomic E-state index is 12.2. The summed E-state index contributed by atoms with van der Waals surface area (Å²) < 4.78 is 5.15. The van der Waals surface area contributed by atoms with Crippen LogP contribution in [0.3, 0.4) is 0 Å². The number of hydrogen-bond donors (Lipinski definition) is 2. The minimum absolute atomic E-state index is 0.0481. The molecule has 1 saturated carbocycles. The van der Waals surface area contributed by atoms with Crippen molar-refractivity contribution >= 4 is 11.6 Å². The molecule has 4 nitrogen and oxygen atoms in total. The Kier molecular flexibility index (Phi) is 4.21. The van der Waals surface area contributed by atoms with Gasteiger partial charge in [-0.25, -0.2) is 0 Å². The summed E-state index contributed by atoms with van der Waals surface area (Å²) in [5, 5.41) is 3.11.